The van der Waals surface area contributed by atoms with E-state index in [-0.39, 0.29) is 5.91 Å². The molecule has 1 fully saturated rings. The Labute approximate surface area is 143 Å². The number of hydrogen-bond acceptors (Lipinski definition) is 2. The summed E-state index contributed by atoms with van der Waals surface area (Å²) >= 11 is 0. The lowest BCUT2D eigenvalue weighted by atomic mass is 9.94. The van der Waals surface area contributed by atoms with Gasteiger partial charge in [-0.15, -0.1) is 0 Å². The maximum Gasteiger partial charge on any atom is 0.259 e. The maximum atomic E-state index is 13.2. The lowest BCUT2D eigenvalue weighted by Gasteiger charge is -2.36. The summed E-state index contributed by atoms with van der Waals surface area (Å²) in [5, 5.41) is 0. The van der Waals surface area contributed by atoms with E-state index in [1.807, 2.05) is 53.4 Å². The summed E-state index contributed by atoms with van der Waals surface area (Å²) in [6.45, 7) is 1.55. The van der Waals surface area contributed by atoms with E-state index in [9.17, 15) is 4.79 Å². The quantitative estimate of drug-likeness (QED) is 0.817. The molecular formula is C21H24N2O. The Balaban J connectivity index is 1.72. The zero-order chi connectivity index (χ0) is 16.4. The van der Waals surface area contributed by atoms with Gasteiger partial charge in [0.1, 0.15) is 0 Å². The smallest absolute Gasteiger partial charge is 0.259 e. The second-order valence-corrected chi connectivity index (χ2v) is 6.91. The molecular weight excluding hydrogens is 296 g/mol. The van der Waals surface area contributed by atoms with Gasteiger partial charge in [-0.3, -0.25) is 14.6 Å². The van der Waals surface area contributed by atoms with Gasteiger partial charge in [0.25, 0.3) is 5.91 Å². The van der Waals surface area contributed by atoms with Gasteiger partial charge in [-0.25, -0.2) is 0 Å². The van der Waals surface area contributed by atoms with Gasteiger partial charge in [-0.2, -0.15) is 0 Å². The number of carbonyl (C=O) groups excluding carboxylic acids is 1. The van der Waals surface area contributed by atoms with E-state index in [0.717, 1.165) is 23.4 Å². The molecule has 1 saturated carbocycles. The van der Waals surface area contributed by atoms with Crippen LogP contribution in [0.4, 0.5) is 5.69 Å². The molecule has 0 N–H and O–H groups in total. The van der Waals surface area contributed by atoms with E-state index in [4.69, 9.17) is 0 Å². The predicted molar refractivity (Wildman–Crippen MR) is 97.0 cm³/mol. The Morgan fingerprint density at radius 1 is 0.833 bits per heavy atom. The average molecular weight is 320 g/mol. The van der Waals surface area contributed by atoms with Crippen LogP contribution in [0.15, 0.2) is 54.6 Å². The molecule has 3 nitrogen and oxygen atoms in total. The average Bonchev–Trinajstić information content (AvgIpc) is 2.80. The summed E-state index contributed by atoms with van der Waals surface area (Å²) in [4.78, 5) is 17.6. The highest BCUT2D eigenvalue weighted by atomic mass is 16.2. The second-order valence-electron chi connectivity index (χ2n) is 6.91. The first-order valence-corrected chi connectivity index (χ1v) is 9.02. The Kier molecular flexibility index (Phi) is 4.35. The molecule has 1 aliphatic carbocycles. The molecule has 0 atom stereocenters. The highest BCUT2D eigenvalue weighted by Crippen LogP contribution is 2.29. The molecule has 1 amide bonds. The number of anilines is 1. The molecule has 0 spiro atoms. The molecule has 124 valence electrons. The van der Waals surface area contributed by atoms with Crippen LogP contribution in [0.25, 0.3) is 0 Å². The highest BCUT2D eigenvalue weighted by Gasteiger charge is 2.31. The molecule has 2 aromatic carbocycles. The fourth-order valence-corrected chi connectivity index (χ4v) is 4.02. The molecule has 1 heterocycles. The SMILES string of the molecule is O=C1c2ccccc2CN(C2CCCCC2)CN1c1ccccc1. The second kappa shape index (κ2) is 6.78. The normalized spacial score (nSPS) is 19.8. The number of para-hydroxylation sites is 1. The lowest BCUT2D eigenvalue weighted by molar-refractivity contribution is 0.0954. The molecule has 0 aromatic heterocycles. The molecule has 4 rings (SSSR count). The standard InChI is InChI=1S/C21H24N2O/c24-21-20-14-8-7-9-17(20)15-22(18-10-3-1-4-11-18)16-23(21)19-12-5-2-6-13-19/h2,5-9,12-14,18H,1,3-4,10-11,15-16H2. The van der Waals surface area contributed by atoms with Crippen molar-refractivity contribution >= 4 is 11.6 Å². The Hall–Kier alpha value is -2.13. The summed E-state index contributed by atoms with van der Waals surface area (Å²) in [6.07, 6.45) is 6.46. The van der Waals surface area contributed by atoms with E-state index < -0.39 is 0 Å². The van der Waals surface area contributed by atoms with Crippen molar-refractivity contribution in [1.82, 2.24) is 4.90 Å². The molecule has 0 unspecified atom stereocenters. The first kappa shape index (κ1) is 15.4. The molecule has 0 bridgehead atoms. The molecule has 0 radical (unpaired) electrons. The van der Waals surface area contributed by atoms with Crippen molar-refractivity contribution in [2.45, 2.75) is 44.7 Å². The number of rotatable bonds is 2. The van der Waals surface area contributed by atoms with Gasteiger partial charge in [-0.05, 0) is 36.6 Å². The summed E-state index contributed by atoms with van der Waals surface area (Å²) < 4.78 is 0. The predicted octanol–water partition coefficient (Wildman–Crippen LogP) is 4.44. The summed E-state index contributed by atoms with van der Waals surface area (Å²) in [5.41, 5.74) is 2.99. The first-order valence-electron chi connectivity index (χ1n) is 9.02. The van der Waals surface area contributed by atoms with Crippen LogP contribution in [0.1, 0.15) is 48.0 Å². The number of benzene rings is 2. The first-order chi connectivity index (χ1) is 11.8. The molecule has 1 aliphatic heterocycles. The van der Waals surface area contributed by atoms with Crippen LogP contribution < -0.4 is 4.90 Å². The molecule has 0 saturated heterocycles. The van der Waals surface area contributed by atoms with Gasteiger partial charge in [0, 0.05) is 23.8 Å². The minimum absolute atomic E-state index is 0.120. The zero-order valence-electron chi connectivity index (χ0n) is 14.0. The minimum Gasteiger partial charge on any atom is -0.295 e. The van der Waals surface area contributed by atoms with Gasteiger partial charge in [0.05, 0.1) is 6.67 Å². The summed E-state index contributed by atoms with van der Waals surface area (Å²) in [7, 11) is 0. The number of amides is 1. The summed E-state index contributed by atoms with van der Waals surface area (Å²) in [6, 6.07) is 18.8. The van der Waals surface area contributed by atoms with E-state index in [1.54, 1.807) is 0 Å². The van der Waals surface area contributed by atoms with E-state index in [1.165, 1.54) is 32.1 Å². The van der Waals surface area contributed by atoms with Crippen molar-refractivity contribution in [3.8, 4) is 0 Å². The van der Waals surface area contributed by atoms with Crippen molar-refractivity contribution in [2.75, 3.05) is 11.6 Å². The molecule has 2 aliphatic rings. The Bertz CT molecular complexity index is 707. The zero-order valence-corrected chi connectivity index (χ0v) is 14.0. The van der Waals surface area contributed by atoms with Gasteiger partial charge >= 0.3 is 0 Å². The lowest BCUT2D eigenvalue weighted by Crippen LogP contribution is -2.44. The van der Waals surface area contributed by atoms with Gasteiger partial charge < -0.3 is 0 Å². The van der Waals surface area contributed by atoms with Crippen LogP contribution in [-0.4, -0.2) is 23.5 Å². The van der Waals surface area contributed by atoms with Gasteiger partial charge in [-0.1, -0.05) is 55.7 Å². The van der Waals surface area contributed by atoms with Crippen LogP contribution in [0.2, 0.25) is 0 Å². The van der Waals surface area contributed by atoms with Crippen LogP contribution >= 0.6 is 0 Å². The maximum absolute atomic E-state index is 13.2. The van der Waals surface area contributed by atoms with Gasteiger partial charge in [0.2, 0.25) is 0 Å². The molecule has 2 aromatic rings. The number of nitrogens with zero attached hydrogens (tertiary/aromatic N) is 2. The topological polar surface area (TPSA) is 23.6 Å². The van der Waals surface area contributed by atoms with Crippen LogP contribution in [0.5, 0.6) is 0 Å². The molecule has 24 heavy (non-hydrogen) atoms. The van der Waals surface area contributed by atoms with Crippen molar-refractivity contribution in [3.63, 3.8) is 0 Å². The monoisotopic (exact) mass is 320 g/mol. The fourth-order valence-electron chi connectivity index (χ4n) is 4.02. The van der Waals surface area contributed by atoms with Crippen molar-refractivity contribution in [2.24, 2.45) is 0 Å². The third-order valence-electron chi connectivity index (χ3n) is 5.35. The van der Waals surface area contributed by atoms with E-state index in [2.05, 4.69) is 11.0 Å². The minimum atomic E-state index is 0.120. The number of carbonyl (C=O) groups is 1. The number of hydrogen-bond donors (Lipinski definition) is 0. The third-order valence-corrected chi connectivity index (χ3v) is 5.35. The fraction of sp³-hybridized carbons (Fsp3) is 0.381. The van der Waals surface area contributed by atoms with Crippen LogP contribution in [-0.2, 0) is 6.54 Å². The van der Waals surface area contributed by atoms with Gasteiger partial charge in [0.15, 0.2) is 0 Å². The Morgan fingerprint density at radius 3 is 2.33 bits per heavy atom. The summed E-state index contributed by atoms with van der Waals surface area (Å²) in [5.74, 6) is 0.120. The van der Waals surface area contributed by atoms with Crippen molar-refractivity contribution in [3.05, 3.63) is 65.7 Å². The van der Waals surface area contributed by atoms with E-state index >= 15 is 0 Å². The van der Waals surface area contributed by atoms with Crippen molar-refractivity contribution < 1.29 is 4.79 Å². The third kappa shape index (κ3) is 2.96. The number of fused-ring (bicyclic) bond motifs is 1. The Morgan fingerprint density at radius 2 is 1.54 bits per heavy atom. The molecule has 3 heteroatoms. The van der Waals surface area contributed by atoms with Crippen molar-refractivity contribution in [1.29, 1.82) is 0 Å². The highest BCUT2D eigenvalue weighted by molar-refractivity contribution is 6.07. The largest absolute Gasteiger partial charge is 0.295 e. The van der Waals surface area contributed by atoms with Crippen LogP contribution in [0.3, 0.4) is 0 Å². The van der Waals surface area contributed by atoms with Crippen LogP contribution in [0, 0.1) is 0 Å². The van der Waals surface area contributed by atoms with E-state index in [0.29, 0.717) is 12.7 Å².